The van der Waals surface area contributed by atoms with Gasteiger partial charge in [-0.1, -0.05) is 23.7 Å². The summed E-state index contributed by atoms with van der Waals surface area (Å²) in [7, 11) is 0. The molecule has 2 aromatic rings. The fourth-order valence-electron chi connectivity index (χ4n) is 3.02. The standard InChI is InChI=1S/C20H23ClN4O2/c1-14-6-7-17(13-19(14)21)23-20(27)25-10-8-24(9-11-25)18-5-3-4-16(12-18)22-15(2)26/h3-7,12-13H,8-11H2,1-2H3,(H,22,26)(H,23,27). The van der Waals surface area contributed by atoms with Crippen LogP contribution in [0.5, 0.6) is 0 Å². The maximum Gasteiger partial charge on any atom is 0.321 e. The number of anilines is 3. The molecule has 2 aromatic carbocycles. The van der Waals surface area contributed by atoms with Crippen molar-refractivity contribution >= 4 is 40.6 Å². The third-order valence-electron chi connectivity index (χ3n) is 4.52. The van der Waals surface area contributed by atoms with Gasteiger partial charge in [-0.15, -0.1) is 0 Å². The summed E-state index contributed by atoms with van der Waals surface area (Å²) in [6, 6.07) is 13.1. The number of hydrogen-bond donors (Lipinski definition) is 2. The molecule has 7 heteroatoms. The summed E-state index contributed by atoms with van der Waals surface area (Å²) in [6.07, 6.45) is 0. The maximum atomic E-state index is 12.5. The summed E-state index contributed by atoms with van der Waals surface area (Å²) in [5, 5.41) is 6.33. The van der Waals surface area contributed by atoms with Gasteiger partial charge < -0.3 is 20.4 Å². The van der Waals surface area contributed by atoms with Crippen molar-refractivity contribution in [3.8, 4) is 0 Å². The third-order valence-corrected chi connectivity index (χ3v) is 4.93. The largest absolute Gasteiger partial charge is 0.368 e. The molecule has 0 unspecified atom stereocenters. The van der Waals surface area contributed by atoms with E-state index in [9.17, 15) is 9.59 Å². The Kier molecular flexibility index (Phi) is 5.86. The number of benzene rings is 2. The summed E-state index contributed by atoms with van der Waals surface area (Å²) in [6.45, 7) is 6.11. The molecule has 1 saturated heterocycles. The highest BCUT2D eigenvalue weighted by molar-refractivity contribution is 6.31. The van der Waals surface area contributed by atoms with Crippen molar-refractivity contribution in [2.24, 2.45) is 0 Å². The second kappa shape index (κ2) is 8.31. The topological polar surface area (TPSA) is 64.7 Å². The molecule has 0 bridgehead atoms. The summed E-state index contributed by atoms with van der Waals surface area (Å²) in [5.41, 5.74) is 3.48. The molecule has 0 atom stereocenters. The van der Waals surface area contributed by atoms with E-state index < -0.39 is 0 Å². The molecule has 27 heavy (non-hydrogen) atoms. The molecule has 1 aliphatic rings. The van der Waals surface area contributed by atoms with E-state index in [0.717, 1.165) is 30.0 Å². The Morgan fingerprint density at radius 3 is 2.33 bits per heavy atom. The van der Waals surface area contributed by atoms with Crippen LogP contribution in [0.25, 0.3) is 0 Å². The minimum absolute atomic E-state index is 0.0927. The molecule has 1 fully saturated rings. The van der Waals surface area contributed by atoms with Crippen LogP contribution in [0, 0.1) is 6.92 Å². The molecular formula is C20H23ClN4O2. The van der Waals surface area contributed by atoms with Crippen LogP contribution in [0.2, 0.25) is 5.02 Å². The number of rotatable bonds is 3. The van der Waals surface area contributed by atoms with Crippen LogP contribution in [-0.4, -0.2) is 43.0 Å². The molecule has 1 aliphatic heterocycles. The van der Waals surface area contributed by atoms with E-state index >= 15 is 0 Å². The monoisotopic (exact) mass is 386 g/mol. The second-order valence-corrected chi connectivity index (χ2v) is 7.01. The lowest BCUT2D eigenvalue weighted by Gasteiger charge is -2.36. The Morgan fingerprint density at radius 2 is 1.67 bits per heavy atom. The average molecular weight is 387 g/mol. The number of carbonyl (C=O) groups is 2. The molecular weight excluding hydrogens is 364 g/mol. The first-order valence-corrected chi connectivity index (χ1v) is 9.25. The van der Waals surface area contributed by atoms with E-state index in [1.54, 1.807) is 11.0 Å². The number of halogens is 1. The van der Waals surface area contributed by atoms with Crippen molar-refractivity contribution in [1.29, 1.82) is 0 Å². The van der Waals surface area contributed by atoms with Gasteiger partial charge in [0.05, 0.1) is 0 Å². The van der Waals surface area contributed by atoms with Crippen LogP contribution in [0.3, 0.4) is 0 Å². The van der Waals surface area contributed by atoms with Crippen molar-refractivity contribution in [1.82, 2.24) is 4.90 Å². The lowest BCUT2D eigenvalue weighted by Crippen LogP contribution is -2.50. The lowest BCUT2D eigenvalue weighted by molar-refractivity contribution is -0.114. The number of hydrogen-bond acceptors (Lipinski definition) is 3. The smallest absolute Gasteiger partial charge is 0.321 e. The predicted molar refractivity (Wildman–Crippen MR) is 110 cm³/mol. The van der Waals surface area contributed by atoms with Crippen LogP contribution in [0.4, 0.5) is 21.9 Å². The molecule has 2 N–H and O–H groups in total. The Balaban J connectivity index is 1.57. The van der Waals surface area contributed by atoms with Crippen molar-refractivity contribution in [2.75, 3.05) is 41.7 Å². The molecule has 0 aliphatic carbocycles. The van der Waals surface area contributed by atoms with Gasteiger partial charge in [-0.3, -0.25) is 4.79 Å². The maximum absolute atomic E-state index is 12.5. The summed E-state index contributed by atoms with van der Waals surface area (Å²) in [5.74, 6) is -0.0927. The van der Waals surface area contributed by atoms with Gasteiger partial charge in [0.25, 0.3) is 0 Å². The number of amides is 3. The van der Waals surface area contributed by atoms with Crippen LogP contribution >= 0.6 is 11.6 Å². The van der Waals surface area contributed by atoms with E-state index in [2.05, 4.69) is 15.5 Å². The molecule has 0 saturated carbocycles. The third kappa shape index (κ3) is 4.92. The SMILES string of the molecule is CC(=O)Nc1cccc(N2CCN(C(=O)Nc3ccc(C)c(Cl)c3)CC2)c1. The number of aryl methyl sites for hydroxylation is 1. The van der Waals surface area contributed by atoms with E-state index in [4.69, 9.17) is 11.6 Å². The fraction of sp³-hybridized carbons (Fsp3) is 0.300. The first-order valence-electron chi connectivity index (χ1n) is 8.87. The summed E-state index contributed by atoms with van der Waals surface area (Å²) in [4.78, 5) is 27.7. The number of carbonyl (C=O) groups excluding carboxylic acids is 2. The van der Waals surface area contributed by atoms with Gasteiger partial charge in [0.15, 0.2) is 0 Å². The number of urea groups is 1. The first-order chi connectivity index (χ1) is 12.9. The van der Waals surface area contributed by atoms with E-state index in [1.807, 2.05) is 43.3 Å². The molecule has 3 amide bonds. The van der Waals surface area contributed by atoms with Crippen molar-refractivity contribution < 1.29 is 9.59 Å². The van der Waals surface area contributed by atoms with Gasteiger partial charge in [0.2, 0.25) is 5.91 Å². The number of piperazine rings is 1. The van der Waals surface area contributed by atoms with Gasteiger partial charge in [0.1, 0.15) is 0 Å². The van der Waals surface area contributed by atoms with E-state index in [1.165, 1.54) is 6.92 Å². The van der Waals surface area contributed by atoms with Gasteiger partial charge in [0, 0.05) is 55.2 Å². The second-order valence-electron chi connectivity index (χ2n) is 6.60. The van der Waals surface area contributed by atoms with Crippen molar-refractivity contribution in [2.45, 2.75) is 13.8 Å². The zero-order valence-corrected chi connectivity index (χ0v) is 16.2. The zero-order chi connectivity index (χ0) is 19.4. The molecule has 0 radical (unpaired) electrons. The minimum Gasteiger partial charge on any atom is -0.368 e. The van der Waals surface area contributed by atoms with E-state index in [-0.39, 0.29) is 11.9 Å². The fourth-order valence-corrected chi connectivity index (χ4v) is 3.21. The van der Waals surface area contributed by atoms with Crippen LogP contribution in [0.15, 0.2) is 42.5 Å². The highest BCUT2D eigenvalue weighted by Crippen LogP contribution is 2.22. The highest BCUT2D eigenvalue weighted by Gasteiger charge is 2.21. The lowest BCUT2D eigenvalue weighted by atomic mass is 10.2. The van der Waals surface area contributed by atoms with Gasteiger partial charge in [-0.25, -0.2) is 4.79 Å². The predicted octanol–water partition coefficient (Wildman–Crippen LogP) is 3.96. The van der Waals surface area contributed by atoms with Gasteiger partial charge >= 0.3 is 6.03 Å². The Morgan fingerprint density at radius 1 is 0.963 bits per heavy atom. The average Bonchev–Trinajstić information content (AvgIpc) is 2.64. The normalized spacial score (nSPS) is 14.0. The Labute approximate surface area is 164 Å². The first kappa shape index (κ1) is 19.0. The summed E-state index contributed by atoms with van der Waals surface area (Å²) < 4.78 is 0. The Hall–Kier alpha value is -2.73. The molecule has 142 valence electrons. The van der Waals surface area contributed by atoms with Crippen LogP contribution < -0.4 is 15.5 Å². The van der Waals surface area contributed by atoms with Crippen LogP contribution in [0.1, 0.15) is 12.5 Å². The number of nitrogens with zero attached hydrogens (tertiary/aromatic N) is 2. The zero-order valence-electron chi connectivity index (χ0n) is 15.5. The van der Waals surface area contributed by atoms with Crippen molar-refractivity contribution in [3.05, 3.63) is 53.1 Å². The minimum atomic E-state index is -0.124. The van der Waals surface area contributed by atoms with Crippen molar-refractivity contribution in [3.63, 3.8) is 0 Å². The highest BCUT2D eigenvalue weighted by atomic mass is 35.5. The van der Waals surface area contributed by atoms with Crippen LogP contribution in [-0.2, 0) is 4.79 Å². The number of nitrogens with one attached hydrogen (secondary N) is 2. The molecule has 0 spiro atoms. The molecule has 6 nitrogen and oxygen atoms in total. The summed E-state index contributed by atoms with van der Waals surface area (Å²) >= 11 is 6.12. The molecule has 1 heterocycles. The Bertz CT molecular complexity index is 848. The molecule has 0 aromatic heterocycles. The quantitative estimate of drug-likeness (QED) is 0.839. The van der Waals surface area contributed by atoms with E-state index in [0.29, 0.717) is 23.8 Å². The van der Waals surface area contributed by atoms with Gasteiger partial charge in [-0.2, -0.15) is 0 Å². The van der Waals surface area contributed by atoms with Gasteiger partial charge in [-0.05, 0) is 42.8 Å². The molecule has 3 rings (SSSR count).